The van der Waals surface area contributed by atoms with E-state index in [0.29, 0.717) is 22.6 Å². The van der Waals surface area contributed by atoms with Gasteiger partial charge in [0, 0.05) is 18.3 Å². The van der Waals surface area contributed by atoms with Crippen molar-refractivity contribution in [2.75, 3.05) is 11.4 Å². The molecular weight excluding hydrogens is 370 g/mol. The molecule has 1 aromatic heterocycles. The van der Waals surface area contributed by atoms with E-state index < -0.39 is 0 Å². The molecule has 0 saturated heterocycles. The first-order valence-corrected chi connectivity index (χ1v) is 10.4. The molecule has 0 fully saturated rings. The number of hydrogen-bond acceptors (Lipinski definition) is 4. The number of thioether (sulfide) groups is 1. The average Bonchev–Trinajstić information content (AvgIpc) is 3.11. The van der Waals surface area contributed by atoms with Crippen molar-refractivity contribution in [1.82, 2.24) is 9.55 Å². The van der Waals surface area contributed by atoms with Crippen LogP contribution in [0.2, 0.25) is 0 Å². The molecule has 4 rings (SSSR count). The zero-order chi connectivity index (χ0) is 19.8. The molecule has 1 atom stereocenters. The second-order valence-corrected chi connectivity index (χ2v) is 8.62. The van der Waals surface area contributed by atoms with Crippen molar-refractivity contribution < 1.29 is 4.79 Å². The number of carbonyl (C=O) groups is 1. The summed E-state index contributed by atoms with van der Waals surface area (Å²) in [5.41, 5.74) is 2.80. The van der Waals surface area contributed by atoms with Crippen LogP contribution in [0.1, 0.15) is 32.4 Å². The first kappa shape index (κ1) is 18.7. The monoisotopic (exact) mass is 393 g/mol. The molecule has 2 heterocycles. The van der Waals surface area contributed by atoms with E-state index in [-0.39, 0.29) is 22.8 Å². The van der Waals surface area contributed by atoms with Crippen molar-refractivity contribution in [1.29, 1.82) is 0 Å². The minimum atomic E-state index is -0.343. The minimum Gasteiger partial charge on any atom is -0.311 e. The molecule has 1 unspecified atom stereocenters. The van der Waals surface area contributed by atoms with Crippen LogP contribution < -0.4 is 10.5 Å². The van der Waals surface area contributed by atoms with Gasteiger partial charge in [0.2, 0.25) is 5.91 Å². The zero-order valence-corrected chi connectivity index (χ0v) is 17.1. The first-order valence-electron chi connectivity index (χ1n) is 9.54. The van der Waals surface area contributed by atoms with Gasteiger partial charge >= 0.3 is 0 Å². The van der Waals surface area contributed by atoms with Crippen molar-refractivity contribution in [2.24, 2.45) is 0 Å². The van der Waals surface area contributed by atoms with E-state index in [1.54, 1.807) is 10.6 Å². The van der Waals surface area contributed by atoms with Crippen LogP contribution in [0.15, 0.2) is 58.5 Å². The third-order valence-electron chi connectivity index (χ3n) is 5.07. The van der Waals surface area contributed by atoms with Gasteiger partial charge in [-0.25, -0.2) is 4.98 Å². The zero-order valence-electron chi connectivity index (χ0n) is 16.3. The Labute approximate surface area is 168 Å². The highest BCUT2D eigenvalue weighted by atomic mass is 32.2. The summed E-state index contributed by atoms with van der Waals surface area (Å²) < 4.78 is 1.69. The Morgan fingerprint density at radius 3 is 2.57 bits per heavy atom. The van der Waals surface area contributed by atoms with Crippen molar-refractivity contribution in [2.45, 2.75) is 43.6 Å². The number of benzene rings is 2. The Kier molecular flexibility index (Phi) is 4.98. The second kappa shape index (κ2) is 7.43. The van der Waals surface area contributed by atoms with E-state index in [2.05, 4.69) is 6.07 Å². The predicted octanol–water partition coefficient (Wildman–Crippen LogP) is 4.05. The molecule has 0 saturated carbocycles. The molecule has 28 heavy (non-hydrogen) atoms. The standard InChI is InChI=1S/C22H23N3O2S/c1-14(2)25-21(27)17-9-5-6-10-18(17)23-22(25)28-15(3)20(26)24-13-12-16-8-4-7-11-19(16)24/h4-11,14-15H,12-13H2,1-3H3. The van der Waals surface area contributed by atoms with Crippen LogP contribution in [0, 0.1) is 0 Å². The first-order chi connectivity index (χ1) is 13.5. The summed E-state index contributed by atoms with van der Waals surface area (Å²) in [4.78, 5) is 32.7. The van der Waals surface area contributed by atoms with Crippen molar-refractivity contribution >= 4 is 34.3 Å². The number of fused-ring (bicyclic) bond motifs is 2. The summed E-state index contributed by atoms with van der Waals surface area (Å²) in [6.45, 7) is 6.52. The number of aromatic nitrogens is 2. The SMILES string of the molecule is CC(Sc1nc2ccccc2c(=O)n1C(C)C)C(=O)N1CCc2ccccc21. The molecule has 0 N–H and O–H groups in total. The Bertz CT molecular complexity index is 1110. The Hall–Kier alpha value is -2.60. The maximum Gasteiger partial charge on any atom is 0.262 e. The lowest BCUT2D eigenvalue weighted by Crippen LogP contribution is -2.36. The van der Waals surface area contributed by atoms with Crippen LogP contribution >= 0.6 is 11.8 Å². The number of anilines is 1. The fourth-order valence-corrected chi connectivity index (χ4v) is 4.76. The van der Waals surface area contributed by atoms with Gasteiger partial charge < -0.3 is 4.90 Å². The van der Waals surface area contributed by atoms with Crippen LogP contribution in [-0.4, -0.2) is 27.3 Å². The maximum absolute atomic E-state index is 13.1. The quantitative estimate of drug-likeness (QED) is 0.496. The normalized spacial score (nSPS) is 14.5. The third kappa shape index (κ3) is 3.22. The van der Waals surface area contributed by atoms with Crippen LogP contribution in [0.5, 0.6) is 0 Å². The van der Waals surface area contributed by atoms with Gasteiger partial charge in [0.15, 0.2) is 5.16 Å². The van der Waals surface area contributed by atoms with Gasteiger partial charge in [-0.1, -0.05) is 42.1 Å². The molecule has 0 spiro atoms. The summed E-state index contributed by atoms with van der Waals surface area (Å²) in [5.74, 6) is 0.0488. The van der Waals surface area contributed by atoms with Gasteiger partial charge in [-0.15, -0.1) is 0 Å². The highest BCUT2D eigenvalue weighted by Crippen LogP contribution is 2.31. The molecule has 0 radical (unpaired) electrons. The second-order valence-electron chi connectivity index (χ2n) is 7.31. The van der Waals surface area contributed by atoms with E-state index in [9.17, 15) is 9.59 Å². The molecule has 1 amide bonds. The third-order valence-corrected chi connectivity index (χ3v) is 6.13. The summed E-state index contributed by atoms with van der Waals surface area (Å²) in [6.07, 6.45) is 0.879. The fourth-order valence-electron chi connectivity index (χ4n) is 3.66. The highest BCUT2D eigenvalue weighted by molar-refractivity contribution is 8.00. The Balaban J connectivity index is 1.67. The molecular formula is C22H23N3O2S. The summed E-state index contributed by atoms with van der Waals surface area (Å²) in [6, 6.07) is 15.4. The summed E-state index contributed by atoms with van der Waals surface area (Å²) >= 11 is 1.36. The highest BCUT2D eigenvalue weighted by Gasteiger charge is 2.29. The molecule has 0 bridgehead atoms. The van der Waals surface area contributed by atoms with Gasteiger partial charge in [0.1, 0.15) is 0 Å². The van der Waals surface area contributed by atoms with Crippen LogP contribution in [0.25, 0.3) is 10.9 Å². The van der Waals surface area contributed by atoms with Gasteiger partial charge in [0.05, 0.1) is 16.2 Å². The van der Waals surface area contributed by atoms with E-state index in [4.69, 9.17) is 4.98 Å². The van der Waals surface area contributed by atoms with Crippen LogP contribution in [0.3, 0.4) is 0 Å². The van der Waals surface area contributed by atoms with Crippen LogP contribution in [-0.2, 0) is 11.2 Å². The molecule has 5 nitrogen and oxygen atoms in total. The molecule has 2 aromatic carbocycles. The van der Waals surface area contributed by atoms with E-state index in [0.717, 1.165) is 12.1 Å². The van der Waals surface area contributed by atoms with Crippen LogP contribution in [0.4, 0.5) is 5.69 Å². The lowest BCUT2D eigenvalue weighted by atomic mass is 10.2. The van der Waals surface area contributed by atoms with Crippen molar-refractivity contribution in [3.63, 3.8) is 0 Å². The smallest absolute Gasteiger partial charge is 0.262 e. The maximum atomic E-state index is 13.1. The number of amides is 1. The number of nitrogens with zero attached hydrogens (tertiary/aromatic N) is 3. The van der Waals surface area contributed by atoms with Gasteiger partial charge in [-0.2, -0.15) is 0 Å². The number of hydrogen-bond donors (Lipinski definition) is 0. The van der Waals surface area contributed by atoms with Gasteiger partial charge in [0.25, 0.3) is 5.56 Å². The molecule has 1 aliphatic rings. The summed E-state index contributed by atoms with van der Waals surface area (Å²) in [7, 11) is 0. The number of carbonyl (C=O) groups excluding carboxylic acids is 1. The number of rotatable bonds is 4. The van der Waals surface area contributed by atoms with E-state index in [1.807, 2.05) is 62.1 Å². The fraction of sp³-hybridized carbons (Fsp3) is 0.318. The predicted molar refractivity (Wildman–Crippen MR) is 114 cm³/mol. The Morgan fingerprint density at radius 2 is 1.79 bits per heavy atom. The van der Waals surface area contributed by atoms with Crippen molar-refractivity contribution in [3.8, 4) is 0 Å². The summed E-state index contributed by atoms with van der Waals surface area (Å²) in [5, 5.41) is 0.851. The molecule has 144 valence electrons. The molecule has 1 aliphatic heterocycles. The van der Waals surface area contributed by atoms with E-state index in [1.165, 1.54) is 17.3 Å². The van der Waals surface area contributed by atoms with Gasteiger partial charge in [-0.05, 0) is 51.0 Å². The molecule has 6 heteroatoms. The minimum absolute atomic E-state index is 0.0399. The number of para-hydroxylation sites is 2. The average molecular weight is 394 g/mol. The van der Waals surface area contributed by atoms with Crippen molar-refractivity contribution in [3.05, 3.63) is 64.4 Å². The van der Waals surface area contributed by atoms with Gasteiger partial charge in [-0.3, -0.25) is 14.2 Å². The van der Waals surface area contributed by atoms with E-state index >= 15 is 0 Å². The lowest BCUT2D eigenvalue weighted by molar-refractivity contribution is -0.117. The molecule has 0 aliphatic carbocycles. The lowest BCUT2D eigenvalue weighted by Gasteiger charge is -2.23. The molecule has 3 aromatic rings. The largest absolute Gasteiger partial charge is 0.311 e. The topological polar surface area (TPSA) is 55.2 Å². The Morgan fingerprint density at radius 1 is 1.07 bits per heavy atom.